The quantitative estimate of drug-likeness (QED) is 0.833. The Kier molecular flexibility index (Phi) is 5.27. The molecule has 1 aliphatic rings. The van der Waals surface area contributed by atoms with Gasteiger partial charge in [0.05, 0.1) is 12.0 Å². The maximum Gasteiger partial charge on any atom is 0.321 e. The first-order chi connectivity index (χ1) is 11.7. The van der Waals surface area contributed by atoms with Crippen molar-refractivity contribution < 1.29 is 19.4 Å². The van der Waals surface area contributed by atoms with E-state index in [1.807, 2.05) is 55.5 Å². The topological polar surface area (TPSA) is 67.8 Å². The van der Waals surface area contributed by atoms with E-state index in [0.29, 0.717) is 29.6 Å². The van der Waals surface area contributed by atoms with Gasteiger partial charge in [0.1, 0.15) is 11.8 Å². The second-order valence-corrected chi connectivity index (χ2v) is 6.46. The van der Waals surface area contributed by atoms with Crippen LogP contribution in [0.4, 0.5) is 0 Å². The van der Waals surface area contributed by atoms with E-state index >= 15 is 0 Å². The van der Waals surface area contributed by atoms with E-state index in [2.05, 4.69) is 5.32 Å². The number of carbonyl (C=O) groups is 1. The van der Waals surface area contributed by atoms with E-state index < -0.39 is 12.0 Å². The monoisotopic (exact) mass is 345 g/mol. The molecule has 0 radical (unpaired) electrons. The van der Waals surface area contributed by atoms with Crippen molar-refractivity contribution >= 4 is 17.7 Å². The molecule has 0 aromatic heterocycles. The van der Waals surface area contributed by atoms with Crippen LogP contribution >= 0.6 is 11.8 Å². The molecule has 126 valence electrons. The Morgan fingerprint density at radius 3 is 2.54 bits per heavy atom. The summed E-state index contributed by atoms with van der Waals surface area (Å²) in [6.07, 6.45) is 0. The lowest BCUT2D eigenvalue weighted by Gasteiger charge is -2.14. The van der Waals surface area contributed by atoms with Gasteiger partial charge in [0, 0.05) is 5.75 Å². The molecule has 1 heterocycles. The van der Waals surface area contributed by atoms with Crippen molar-refractivity contribution in [1.29, 1.82) is 0 Å². The minimum Gasteiger partial charge on any atom is -0.490 e. The highest BCUT2D eigenvalue weighted by Gasteiger charge is 2.30. The Bertz CT molecular complexity index is 704. The molecule has 1 fully saturated rings. The molecule has 5 nitrogen and oxygen atoms in total. The van der Waals surface area contributed by atoms with Crippen LogP contribution in [0.25, 0.3) is 0 Å². The summed E-state index contributed by atoms with van der Waals surface area (Å²) in [5.74, 6) is 1.86. The third-order valence-electron chi connectivity index (χ3n) is 3.64. The Balaban J connectivity index is 1.68. The van der Waals surface area contributed by atoms with Gasteiger partial charge in [-0.15, -0.1) is 11.8 Å². The molecule has 2 aromatic carbocycles. The highest BCUT2D eigenvalue weighted by molar-refractivity contribution is 7.99. The van der Waals surface area contributed by atoms with Crippen LogP contribution in [-0.4, -0.2) is 29.5 Å². The van der Waals surface area contributed by atoms with Gasteiger partial charge in [0.2, 0.25) is 0 Å². The average molecular weight is 345 g/mol. The van der Waals surface area contributed by atoms with E-state index in [0.717, 1.165) is 5.56 Å². The summed E-state index contributed by atoms with van der Waals surface area (Å²) in [6, 6.07) is 14.7. The fourth-order valence-corrected chi connectivity index (χ4v) is 3.69. The van der Waals surface area contributed by atoms with Gasteiger partial charge in [-0.25, -0.2) is 0 Å². The third kappa shape index (κ3) is 3.83. The van der Waals surface area contributed by atoms with Crippen molar-refractivity contribution in [3.8, 4) is 17.2 Å². The molecule has 24 heavy (non-hydrogen) atoms. The number of hydrogen-bond acceptors (Lipinski definition) is 5. The van der Waals surface area contributed by atoms with Crippen molar-refractivity contribution in [2.45, 2.75) is 18.3 Å². The molecule has 1 aliphatic heterocycles. The van der Waals surface area contributed by atoms with Gasteiger partial charge in [-0.2, -0.15) is 0 Å². The first-order valence-electron chi connectivity index (χ1n) is 7.77. The zero-order chi connectivity index (χ0) is 16.9. The molecular weight excluding hydrogens is 326 g/mol. The number of hydrogen-bond donors (Lipinski definition) is 2. The molecule has 3 rings (SSSR count). The molecule has 2 N–H and O–H groups in total. The lowest BCUT2D eigenvalue weighted by molar-refractivity contribution is -0.138. The number of para-hydroxylation sites is 2. The first-order valence-corrected chi connectivity index (χ1v) is 8.82. The standard InChI is InChI=1S/C18H19NO4S/c1-2-22-15-5-3-4-6-16(15)23-13-9-7-12(8-10-13)17-19-14(11-24-17)18(20)21/h3-10,14,17,19H,2,11H2,1H3,(H,20,21). The summed E-state index contributed by atoms with van der Waals surface area (Å²) in [5, 5.41) is 12.1. The smallest absolute Gasteiger partial charge is 0.321 e. The van der Waals surface area contributed by atoms with Crippen molar-refractivity contribution in [1.82, 2.24) is 5.32 Å². The van der Waals surface area contributed by atoms with Crippen molar-refractivity contribution in [3.63, 3.8) is 0 Å². The maximum atomic E-state index is 11.0. The predicted molar refractivity (Wildman–Crippen MR) is 93.9 cm³/mol. The minimum atomic E-state index is -0.808. The normalized spacial score (nSPS) is 19.9. The summed E-state index contributed by atoms with van der Waals surface area (Å²) < 4.78 is 11.4. The van der Waals surface area contributed by atoms with Crippen molar-refractivity contribution in [2.24, 2.45) is 0 Å². The summed E-state index contributed by atoms with van der Waals surface area (Å²) in [5.41, 5.74) is 1.04. The Labute approximate surface area is 145 Å². The van der Waals surface area contributed by atoms with Crippen LogP contribution in [0.2, 0.25) is 0 Å². The molecule has 0 amide bonds. The van der Waals surface area contributed by atoms with Crippen molar-refractivity contribution in [2.75, 3.05) is 12.4 Å². The van der Waals surface area contributed by atoms with E-state index in [1.54, 1.807) is 11.8 Å². The number of carboxylic acid groups (broad SMARTS) is 1. The van der Waals surface area contributed by atoms with Gasteiger partial charge in [0.25, 0.3) is 0 Å². The maximum absolute atomic E-state index is 11.0. The number of thioether (sulfide) groups is 1. The SMILES string of the molecule is CCOc1ccccc1Oc1ccc(C2NC(C(=O)O)CS2)cc1. The van der Waals surface area contributed by atoms with Crippen LogP contribution in [0.1, 0.15) is 17.9 Å². The largest absolute Gasteiger partial charge is 0.490 e. The molecule has 0 aliphatic carbocycles. The van der Waals surface area contributed by atoms with E-state index in [1.165, 1.54) is 0 Å². The van der Waals surface area contributed by atoms with Gasteiger partial charge in [-0.05, 0) is 36.8 Å². The molecule has 2 aromatic rings. The lowest BCUT2D eigenvalue weighted by Crippen LogP contribution is -2.33. The molecule has 6 heteroatoms. The number of carboxylic acids is 1. The van der Waals surface area contributed by atoms with E-state index in [-0.39, 0.29) is 5.37 Å². The zero-order valence-corrected chi connectivity index (χ0v) is 14.1. The highest BCUT2D eigenvalue weighted by atomic mass is 32.2. The summed E-state index contributed by atoms with van der Waals surface area (Å²) in [7, 11) is 0. The first kappa shape index (κ1) is 16.7. The van der Waals surface area contributed by atoms with Crippen LogP contribution in [0, 0.1) is 0 Å². The van der Waals surface area contributed by atoms with Crippen molar-refractivity contribution in [3.05, 3.63) is 54.1 Å². The second kappa shape index (κ2) is 7.59. The summed E-state index contributed by atoms with van der Waals surface area (Å²) in [4.78, 5) is 11.0. The van der Waals surface area contributed by atoms with Gasteiger partial charge in [-0.1, -0.05) is 24.3 Å². The summed E-state index contributed by atoms with van der Waals surface area (Å²) >= 11 is 1.60. The number of nitrogens with one attached hydrogen (secondary N) is 1. The summed E-state index contributed by atoms with van der Waals surface area (Å²) in [6.45, 7) is 2.51. The predicted octanol–water partition coefficient (Wildman–Crippen LogP) is 3.67. The molecule has 0 saturated carbocycles. The minimum absolute atomic E-state index is 0.00383. The Morgan fingerprint density at radius 1 is 1.21 bits per heavy atom. The van der Waals surface area contributed by atoms with Crippen LogP contribution in [0.3, 0.4) is 0 Å². The molecule has 1 saturated heterocycles. The lowest BCUT2D eigenvalue weighted by atomic mass is 10.2. The van der Waals surface area contributed by atoms with Crippen LogP contribution < -0.4 is 14.8 Å². The van der Waals surface area contributed by atoms with Crippen LogP contribution in [0.5, 0.6) is 17.2 Å². The molecular formula is C18H19NO4S. The van der Waals surface area contributed by atoms with Gasteiger partial charge < -0.3 is 14.6 Å². The fourth-order valence-electron chi connectivity index (χ4n) is 2.45. The highest BCUT2D eigenvalue weighted by Crippen LogP contribution is 2.35. The van der Waals surface area contributed by atoms with E-state index in [9.17, 15) is 4.79 Å². The Hall–Kier alpha value is -2.18. The molecule has 2 unspecified atom stereocenters. The van der Waals surface area contributed by atoms with Crippen LogP contribution in [0.15, 0.2) is 48.5 Å². The van der Waals surface area contributed by atoms with E-state index in [4.69, 9.17) is 14.6 Å². The Morgan fingerprint density at radius 2 is 1.92 bits per heavy atom. The zero-order valence-electron chi connectivity index (χ0n) is 13.3. The average Bonchev–Trinajstić information content (AvgIpc) is 3.08. The van der Waals surface area contributed by atoms with Crippen LogP contribution in [-0.2, 0) is 4.79 Å². The molecule has 0 spiro atoms. The number of ether oxygens (including phenoxy) is 2. The second-order valence-electron chi connectivity index (χ2n) is 5.32. The van der Waals surface area contributed by atoms with Gasteiger partial charge >= 0.3 is 5.97 Å². The number of benzene rings is 2. The fraction of sp³-hybridized carbons (Fsp3) is 0.278. The van der Waals surface area contributed by atoms with Gasteiger partial charge in [0.15, 0.2) is 11.5 Å². The van der Waals surface area contributed by atoms with Gasteiger partial charge in [-0.3, -0.25) is 10.1 Å². The molecule has 0 bridgehead atoms. The molecule has 2 atom stereocenters. The number of aliphatic carboxylic acids is 1. The third-order valence-corrected chi connectivity index (χ3v) is 4.91. The number of rotatable bonds is 6.